The van der Waals surface area contributed by atoms with Crippen molar-refractivity contribution in [3.8, 4) is 5.75 Å². The summed E-state index contributed by atoms with van der Waals surface area (Å²) in [5, 5.41) is 12.9. The van der Waals surface area contributed by atoms with E-state index in [9.17, 15) is 5.11 Å². The van der Waals surface area contributed by atoms with E-state index in [0.717, 1.165) is 12.1 Å². The van der Waals surface area contributed by atoms with Crippen LogP contribution in [-0.4, -0.2) is 5.11 Å². The molecule has 0 aliphatic carbocycles. The molecule has 2 rings (SSSR count). The number of para-hydroxylation sites is 1. The number of hydrogen-bond acceptors (Lipinski definition) is 2. The molecule has 0 amide bonds. The summed E-state index contributed by atoms with van der Waals surface area (Å²) in [6.07, 6.45) is 0.996. The van der Waals surface area contributed by atoms with Gasteiger partial charge in [-0.1, -0.05) is 31.2 Å². The highest BCUT2D eigenvalue weighted by Crippen LogP contribution is 2.26. The van der Waals surface area contributed by atoms with Gasteiger partial charge in [0, 0.05) is 9.26 Å². The molecule has 3 heteroatoms. The van der Waals surface area contributed by atoms with Crippen molar-refractivity contribution in [2.45, 2.75) is 19.4 Å². The molecule has 0 fully saturated rings. The molecule has 0 aliphatic heterocycles. The minimum atomic E-state index is 0.265. The van der Waals surface area contributed by atoms with Gasteiger partial charge in [0.05, 0.1) is 6.04 Å². The van der Waals surface area contributed by atoms with Crippen LogP contribution >= 0.6 is 22.6 Å². The van der Waals surface area contributed by atoms with Crippen LogP contribution in [0.2, 0.25) is 0 Å². The maximum Gasteiger partial charge on any atom is 0.115 e. The van der Waals surface area contributed by atoms with Crippen LogP contribution < -0.4 is 5.32 Å². The Kier molecular flexibility index (Phi) is 4.47. The molecule has 94 valence electrons. The number of phenolic OH excluding ortho intramolecular Hbond substituents is 1. The summed E-state index contributed by atoms with van der Waals surface area (Å²) in [4.78, 5) is 0. The molecule has 0 saturated carbocycles. The van der Waals surface area contributed by atoms with Crippen LogP contribution in [0.3, 0.4) is 0 Å². The quantitative estimate of drug-likeness (QED) is 0.790. The Morgan fingerprint density at radius 3 is 2.39 bits per heavy atom. The van der Waals surface area contributed by atoms with Crippen molar-refractivity contribution < 1.29 is 5.11 Å². The van der Waals surface area contributed by atoms with Crippen LogP contribution in [0.1, 0.15) is 24.9 Å². The molecule has 0 aliphatic rings. The minimum Gasteiger partial charge on any atom is -0.508 e. The number of phenols is 1. The lowest BCUT2D eigenvalue weighted by Crippen LogP contribution is -2.10. The van der Waals surface area contributed by atoms with Crippen LogP contribution in [0.25, 0.3) is 0 Å². The smallest absolute Gasteiger partial charge is 0.115 e. The van der Waals surface area contributed by atoms with E-state index in [2.05, 4.69) is 47.0 Å². The molecule has 2 aromatic rings. The van der Waals surface area contributed by atoms with E-state index >= 15 is 0 Å². The number of anilines is 1. The number of halogens is 1. The lowest BCUT2D eigenvalue weighted by atomic mass is 10.0. The van der Waals surface area contributed by atoms with Crippen molar-refractivity contribution in [2.24, 2.45) is 0 Å². The highest BCUT2D eigenvalue weighted by atomic mass is 127. The molecular formula is C15H16INO. The zero-order valence-corrected chi connectivity index (χ0v) is 12.4. The van der Waals surface area contributed by atoms with Crippen molar-refractivity contribution >= 4 is 28.3 Å². The first-order valence-corrected chi connectivity index (χ1v) is 7.08. The predicted octanol–water partition coefficient (Wildman–Crippen LogP) is 4.56. The number of nitrogens with one attached hydrogen (secondary N) is 1. The van der Waals surface area contributed by atoms with E-state index in [0.29, 0.717) is 5.75 Å². The summed E-state index contributed by atoms with van der Waals surface area (Å²) < 4.78 is 1.22. The van der Waals surface area contributed by atoms with E-state index in [-0.39, 0.29) is 6.04 Å². The van der Waals surface area contributed by atoms with Crippen molar-refractivity contribution in [2.75, 3.05) is 5.32 Å². The van der Waals surface area contributed by atoms with Gasteiger partial charge in [0.15, 0.2) is 0 Å². The van der Waals surface area contributed by atoms with Crippen LogP contribution in [0.4, 0.5) is 5.69 Å². The van der Waals surface area contributed by atoms with Crippen molar-refractivity contribution in [1.82, 2.24) is 0 Å². The average molecular weight is 353 g/mol. The van der Waals surface area contributed by atoms with Crippen LogP contribution in [0.5, 0.6) is 5.75 Å². The van der Waals surface area contributed by atoms with Crippen LogP contribution in [0, 0.1) is 3.57 Å². The van der Waals surface area contributed by atoms with E-state index in [1.807, 2.05) is 24.3 Å². The summed E-state index contributed by atoms with van der Waals surface area (Å²) in [6.45, 7) is 2.15. The highest BCUT2D eigenvalue weighted by Gasteiger charge is 2.10. The lowest BCUT2D eigenvalue weighted by Gasteiger charge is -2.19. The van der Waals surface area contributed by atoms with Gasteiger partial charge in [0.2, 0.25) is 0 Å². The number of hydrogen-bond donors (Lipinski definition) is 2. The molecule has 1 unspecified atom stereocenters. The molecule has 2 aromatic carbocycles. The van der Waals surface area contributed by atoms with Crippen molar-refractivity contribution in [3.05, 3.63) is 57.7 Å². The van der Waals surface area contributed by atoms with Gasteiger partial charge in [-0.2, -0.15) is 0 Å². The fourth-order valence-electron chi connectivity index (χ4n) is 1.89. The number of rotatable bonds is 4. The molecule has 0 spiro atoms. The summed E-state index contributed by atoms with van der Waals surface area (Å²) >= 11 is 2.33. The van der Waals surface area contributed by atoms with Gasteiger partial charge < -0.3 is 10.4 Å². The Labute approximate surface area is 121 Å². The first-order valence-electron chi connectivity index (χ1n) is 6.00. The van der Waals surface area contributed by atoms with E-state index in [4.69, 9.17) is 0 Å². The molecule has 2 N–H and O–H groups in total. The second kappa shape index (κ2) is 6.09. The molecule has 1 atom stereocenters. The summed E-state index contributed by atoms with van der Waals surface area (Å²) in [6, 6.07) is 15.9. The van der Waals surface area contributed by atoms with Gasteiger partial charge in [-0.25, -0.2) is 0 Å². The third-order valence-electron chi connectivity index (χ3n) is 2.91. The van der Waals surface area contributed by atoms with Gasteiger partial charge in [0.25, 0.3) is 0 Å². The topological polar surface area (TPSA) is 32.3 Å². The minimum absolute atomic E-state index is 0.265. The third kappa shape index (κ3) is 3.16. The van der Waals surface area contributed by atoms with Crippen molar-refractivity contribution in [3.63, 3.8) is 0 Å². The average Bonchev–Trinajstić information content (AvgIpc) is 2.39. The Morgan fingerprint density at radius 2 is 1.78 bits per heavy atom. The monoisotopic (exact) mass is 353 g/mol. The predicted molar refractivity (Wildman–Crippen MR) is 83.9 cm³/mol. The zero-order valence-electron chi connectivity index (χ0n) is 10.2. The van der Waals surface area contributed by atoms with E-state index in [1.165, 1.54) is 9.13 Å². The second-order valence-corrected chi connectivity index (χ2v) is 5.34. The van der Waals surface area contributed by atoms with Gasteiger partial charge in [-0.15, -0.1) is 0 Å². The van der Waals surface area contributed by atoms with Gasteiger partial charge in [0.1, 0.15) is 5.75 Å². The maximum atomic E-state index is 9.32. The number of benzene rings is 2. The molecular weight excluding hydrogens is 337 g/mol. The molecule has 0 bridgehead atoms. The first-order chi connectivity index (χ1) is 8.70. The van der Waals surface area contributed by atoms with Crippen LogP contribution in [0.15, 0.2) is 48.5 Å². The summed E-state index contributed by atoms with van der Waals surface area (Å²) in [7, 11) is 0. The SMILES string of the molecule is CCC(Nc1ccccc1I)c1ccc(O)cc1. The number of aromatic hydroxyl groups is 1. The second-order valence-electron chi connectivity index (χ2n) is 4.18. The Morgan fingerprint density at radius 1 is 1.11 bits per heavy atom. The standard InChI is InChI=1S/C15H16INO/c1-2-14(11-7-9-12(18)10-8-11)17-15-6-4-3-5-13(15)16/h3-10,14,17-18H,2H2,1H3. The molecule has 0 saturated heterocycles. The summed E-state index contributed by atoms with van der Waals surface area (Å²) in [5.41, 5.74) is 2.34. The lowest BCUT2D eigenvalue weighted by molar-refractivity contribution is 0.475. The van der Waals surface area contributed by atoms with Crippen molar-refractivity contribution in [1.29, 1.82) is 0 Å². The maximum absolute atomic E-state index is 9.32. The Bertz CT molecular complexity index is 510. The van der Waals surface area contributed by atoms with Gasteiger partial charge in [-0.3, -0.25) is 0 Å². The Balaban J connectivity index is 2.20. The normalized spacial score (nSPS) is 12.1. The van der Waals surface area contributed by atoms with Gasteiger partial charge in [-0.05, 0) is 58.8 Å². The fourth-order valence-corrected chi connectivity index (χ4v) is 2.44. The summed E-state index contributed by atoms with van der Waals surface area (Å²) in [5.74, 6) is 0.308. The van der Waals surface area contributed by atoms with Gasteiger partial charge >= 0.3 is 0 Å². The molecule has 0 aromatic heterocycles. The molecule has 0 radical (unpaired) electrons. The van der Waals surface area contributed by atoms with Crippen LogP contribution in [-0.2, 0) is 0 Å². The largest absolute Gasteiger partial charge is 0.508 e. The van der Waals surface area contributed by atoms with E-state index in [1.54, 1.807) is 12.1 Å². The third-order valence-corrected chi connectivity index (χ3v) is 3.85. The fraction of sp³-hybridized carbons (Fsp3) is 0.200. The molecule has 0 heterocycles. The highest BCUT2D eigenvalue weighted by molar-refractivity contribution is 14.1. The zero-order chi connectivity index (χ0) is 13.0. The molecule has 2 nitrogen and oxygen atoms in total. The van der Waals surface area contributed by atoms with E-state index < -0.39 is 0 Å². The Hall–Kier alpha value is -1.23. The first kappa shape index (κ1) is 13.2. The molecule has 18 heavy (non-hydrogen) atoms.